The number of hydrogen-bond acceptors (Lipinski definition) is 2. The highest BCUT2D eigenvalue weighted by molar-refractivity contribution is 5.70. The van der Waals surface area contributed by atoms with Gasteiger partial charge in [-0.3, -0.25) is 0 Å². The summed E-state index contributed by atoms with van der Waals surface area (Å²) >= 11 is 0. The summed E-state index contributed by atoms with van der Waals surface area (Å²) in [7, 11) is 3.35. The predicted octanol–water partition coefficient (Wildman–Crippen LogP) is 3.18. The van der Waals surface area contributed by atoms with E-state index in [1.165, 1.54) is 4.90 Å². The van der Waals surface area contributed by atoms with E-state index in [1.54, 1.807) is 14.1 Å². The molecule has 0 aliphatic heterocycles. The third-order valence-electron chi connectivity index (χ3n) is 2.35. The molecular formula is C13H19NO2. The van der Waals surface area contributed by atoms with Gasteiger partial charge in [0.15, 0.2) is 0 Å². The maximum absolute atomic E-state index is 11.5. The number of rotatable bonds is 2. The van der Waals surface area contributed by atoms with Crippen LogP contribution in [0.1, 0.15) is 30.9 Å². The van der Waals surface area contributed by atoms with Gasteiger partial charge in [-0.15, -0.1) is 0 Å². The van der Waals surface area contributed by atoms with Crippen molar-refractivity contribution >= 4 is 6.09 Å². The number of amides is 1. The van der Waals surface area contributed by atoms with Crippen molar-refractivity contribution in [2.45, 2.75) is 26.7 Å². The van der Waals surface area contributed by atoms with Crippen LogP contribution in [0.15, 0.2) is 18.2 Å². The Morgan fingerprint density at radius 3 is 2.44 bits per heavy atom. The van der Waals surface area contributed by atoms with Gasteiger partial charge < -0.3 is 9.64 Å². The molecular weight excluding hydrogens is 202 g/mol. The van der Waals surface area contributed by atoms with Crippen LogP contribution < -0.4 is 4.74 Å². The van der Waals surface area contributed by atoms with E-state index >= 15 is 0 Å². The van der Waals surface area contributed by atoms with E-state index in [4.69, 9.17) is 4.74 Å². The number of carbonyl (C=O) groups excluding carboxylic acids is 1. The Morgan fingerprint density at radius 1 is 1.31 bits per heavy atom. The first kappa shape index (κ1) is 12.6. The molecule has 88 valence electrons. The summed E-state index contributed by atoms with van der Waals surface area (Å²) in [5.41, 5.74) is 2.15. The molecule has 0 N–H and O–H groups in total. The van der Waals surface area contributed by atoms with Gasteiger partial charge in [0.25, 0.3) is 0 Å². The second-order valence-corrected chi connectivity index (χ2v) is 4.46. The summed E-state index contributed by atoms with van der Waals surface area (Å²) in [4.78, 5) is 12.9. The molecule has 3 nitrogen and oxygen atoms in total. The Hall–Kier alpha value is -1.51. The Labute approximate surface area is 97.0 Å². The van der Waals surface area contributed by atoms with E-state index in [-0.39, 0.29) is 6.09 Å². The molecule has 16 heavy (non-hydrogen) atoms. The molecule has 3 heteroatoms. The van der Waals surface area contributed by atoms with Crippen molar-refractivity contribution in [3.8, 4) is 5.75 Å². The number of hydrogen-bond donors (Lipinski definition) is 0. The van der Waals surface area contributed by atoms with Gasteiger partial charge in [-0.1, -0.05) is 26.0 Å². The Bertz CT molecular complexity index is 384. The van der Waals surface area contributed by atoms with Crippen molar-refractivity contribution in [1.29, 1.82) is 0 Å². The minimum absolute atomic E-state index is 0.338. The molecule has 0 fully saturated rings. The molecule has 0 bridgehead atoms. The normalized spacial score (nSPS) is 10.4. The largest absolute Gasteiger partial charge is 0.414 e. The van der Waals surface area contributed by atoms with Crippen LogP contribution in [0.2, 0.25) is 0 Å². The quantitative estimate of drug-likeness (QED) is 0.767. The molecule has 0 saturated heterocycles. The number of aryl methyl sites for hydroxylation is 1. The Morgan fingerprint density at radius 2 is 1.94 bits per heavy atom. The Kier molecular flexibility index (Phi) is 3.93. The maximum Gasteiger partial charge on any atom is 0.414 e. The molecule has 0 atom stereocenters. The Balaban J connectivity index is 3.01. The highest BCUT2D eigenvalue weighted by Gasteiger charge is 2.13. The van der Waals surface area contributed by atoms with Gasteiger partial charge in [-0.25, -0.2) is 4.79 Å². The molecule has 1 rings (SSSR count). The highest BCUT2D eigenvalue weighted by Crippen LogP contribution is 2.27. The van der Waals surface area contributed by atoms with Crippen LogP contribution in [0.25, 0.3) is 0 Å². The number of nitrogens with zero attached hydrogens (tertiary/aromatic N) is 1. The van der Waals surface area contributed by atoms with Crippen LogP contribution in [0.5, 0.6) is 5.75 Å². The number of benzene rings is 1. The van der Waals surface area contributed by atoms with Gasteiger partial charge in [-0.05, 0) is 30.0 Å². The molecule has 0 radical (unpaired) electrons. The molecule has 0 heterocycles. The summed E-state index contributed by atoms with van der Waals surface area (Å²) in [6.07, 6.45) is -0.340. The lowest BCUT2D eigenvalue weighted by atomic mass is 10.0. The molecule has 0 spiro atoms. The third kappa shape index (κ3) is 2.99. The lowest BCUT2D eigenvalue weighted by Gasteiger charge is -2.16. The van der Waals surface area contributed by atoms with Gasteiger partial charge in [-0.2, -0.15) is 0 Å². The minimum atomic E-state index is -0.340. The van der Waals surface area contributed by atoms with Crippen LogP contribution in [-0.4, -0.2) is 25.1 Å². The molecule has 0 unspecified atom stereocenters. The third-order valence-corrected chi connectivity index (χ3v) is 2.35. The smallest absolute Gasteiger partial charge is 0.410 e. The minimum Gasteiger partial charge on any atom is -0.410 e. The monoisotopic (exact) mass is 221 g/mol. The molecule has 0 aliphatic carbocycles. The zero-order valence-electron chi connectivity index (χ0n) is 10.6. The molecule has 1 aromatic carbocycles. The molecule has 0 saturated carbocycles. The fourth-order valence-electron chi connectivity index (χ4n) is 1.39. The van der Waals surface area contributed by atoms with E-state index < -0.39 is 0 Å². The first-order chi connectivity index (χ1) is 7.41. The zero-order chi connectivity index (χ0) is 12.3. The van der Waals surface area contributed by atoms with E-state index in [0.29, 0.717) is 11.7 Å². The second-order valence-electron chi connectivity index (χ2n) is 4.46. The van der Waals surface area contributed by atoms with Gasteiger partial charge >= 0.3 is 6.09 Å². The van der Waals surface area contributed by atoms with Crippen molar-refractivity contribution in [2.75, 3.05) is 14.1 Å². The fourth-order valence-corrected chi connectivity index (χ4v) is 1.39. The lowest BCUT2D eigenvalue weighted by Crippen LogP contribution is -2.25. The van der Waals surface area contributed by atoms with Crippen LogP contribution in [0, 0.1) is 6.92 Å². The van der Waals surface area contributed by atoms with Crippen LogP contribution >= 0.6 is 0 Å². The second kappa shape index (κ2) is 5.01. The van der Waals surface area contributed by atoms with Crippen molar-refractivity contribution in [1.82, 2.24) is 4.90 Å². The topological polar surface area (TPSA) is 29.5 Å². The van der Waals surface area contributed by atoms with Crippen molar-refractivity contribution in [2.24, 2.45) is 0 Å². The zero-order valence-corrected chi connectivity index (χ0v) is 10.6. The summed E-state index contributed by atoms with van der Waals surface area (Å²) in [6.45, 7) is 6.15. The molecule has 1 amide bonds. The van der Waals surface area contributed by atoms with E-state index in [1.807, 2.05) is 25.1 Å². The summed E-state index contributed by atoms with van der Waals surface area (Å²) in [5, 5.41) is 0. The highest BCUT2D eigenvalue weighted by atomic mass is 16.6. The standard InChI is InChI=1S/C13H19NO2/c1-9(2)11-7-6-10(3)8-12(11)16-13(15)14(4)5/h6-9H,1-5H3. The fraction of sp³-hybridized carbons (Fsp3) is 0.462. The van der Waals surface area contributed by atoms with E-state index in [2.05, 4.69) is 13.8 Å². The van der Waals surface area contributed by atoms with Gasteiger partial charge in [0.05, 0.1) is 0 Å². The maximum atomic E-state index is 11.5. The molecule has 1 aromatic rings. The first-order valence-corrected chi connectivity index (χ1v) is 5.41. The van der Waals surface area contributed by atoms with Gasteiger partial charge in [0, 0.05) is 14.1 Å². The molecule has 0 aliphatic rings. The van der Waals surface area contributed by atoms with Crippen molar-refractivity contribution < 1.29 is 9.53 Å². The average molecular weight is 221 g/mol. The SMILES string of the molecule is Cc1ccc(C(C)C)c(OC(=O)N(C)C)c1. The molecule has 0 aromatic heterocycles. The lowest BCUT2D eigenvalue weighted by molar-refractivity contribution is 0.171. The summed E-state index contributed by atoms with van der Waals surface area (Å²) in [5.74, 6) is 0.999. The number of ether oxygens (including phenoxy) is 1. The van der Waals surface area contributed by atoms with Crippen molar-refractivity contribution in [3.05, 3.63) is 29.3 Å². The van der Waals surface area contributed by atoms with Gasteiger partial charge in [0.2, 0.25) is 0 Å². The summed E-state index contributed by atoms with van der Waals surface area (Å²) < 4.78 is 5.34. The van der Waals surface area contributed by atoms with Crippen LogP contribution in [-0.2, 0) is 0 Å². The van der Waals surface area contributed by atoms with Crippen molar-refractivity contribution in [3.63, 3.8) is 0 Å². The van der Waals surface area contributed by atoms with E-state index in [9.17, 15) is 4.79 Å². The van der Waals surface area contributed by atoms with Crippen LogP contribution in [0.3, 0.4) is 0 Å². The van der Waals surface area contributed by atoms with Crippen LogP contribution in [0.4, 0.5) is 4.79 Å². The average Bonchev–Trinajstić information content (AvgIpc) is 2.16. The van der Waals surface area contributed by atoms with Gasteiger partial charge in [0.1, 0.15) is 5.75 Å². The van der Waals surface area contributed by atoms with E-state index in [0.717, 1.165) is 11.1 Å². The predicted molar refractivity (Wildman–Crippen MR) is 65.0 cm³/mol. The summed E-state index contributed by atoms with van der Waals surface area (Å²) in [6, 6.07) is 5.94. The number of carbonyl (C=O) groups is 1. The first-order valence-electron chi connectivity index (χ1n) is 5.41.